The molecular weight excluding hydrogens is 210 g/mol. The van der Waals surface area contributed by atoms with Crippen LogP contribution in [0.15, 0.2) is 6.07 Å². The van der Waals surface area contributed by atoms with E-state index in [1.165, 1.54) is 25.7 Å². The Morgan fingerprint density at radius 2 is 1.88 bits per heavy atom. The molecule has 1 heterocycles. The van der Waals surface area contributed by atoms with Gasteiger partial charge in [0.1, 0.15) is 11.6 Å². The molecule has 17 heavy (non-hydrogen) atoms. The van der Waals surface area contributed by atoms with Gasteiger partial charge in [-0.05, 0) is 18.3 Å². The molecule has 1 fully saturated rings. The predicted molar refractivity (Wildman–Crippen MR) is 70.8 cm³/mol. The Bertz CT molecular complexity index is 387. The van der Waals surface area contributed by atoms with E-state index in [2.05, 4.69) is 25.8 Å². The fraction of sp³-hybridized carbons (Fsp3) is 0.714. The third-order valence-corrected chi connectivity index (χ3v) is 3.27. The van der Waals surface area contributed by atoms with Crippen molar-refractivity contribution < 1.29 is 0 Å². The molecule has 0 aliphatic heterocycles. The van der Waals surface area contributed by atoms with Crippen LogP contribution in [0.5, 0.6) is 0 Å². The lowest BCUT2D eigenvalue weighted by Gasteiger charge is -2.18. The molecule has 1 saturated carbocycles. The van der Waals surface area contributed by atoms with Crippen LogP contribution in [-0.4, -0.2) is 9.97 Å². The van der Waals surface area contributed by atoms with Crippen molar-refractivity contribution in [2.45, 2.75) is 58.8 Å². The number of rotatable bonds is 2. The largest absolute Gasteiger partial charge is 0.384 e. The SMILES string of the molecule is CC(C)(C)Cc1nc(N)cc(C2CCCC2)n1. The van der Waals surface area contributed by atoms with E-state index < -0.39 is 0 Å². The van der Waals surface area contributed by atoms with E-state index in [9.17, 15) is 0 Å². The molecule has 2 rings (SSSR count). The van der Waals surface area contributed by atoms with Gasteiger partial charge in [-0.15, -0.1) is 0 Å². The Kier molecular flexibility index (Phi) is 3.36. The van der Waals surface area contributed by atoms with Crippen LogP contribution in [0.2, 0.25) is 0 Å². The zero-order valence-corrected chi connectivity index (χ0v) is 11.2. The number of hydrogen-bond acceptors (Lipinski definition) is 3. The van der Waals surface area contributed by atoms with Crippen molar-refractivity contribution in [1.29, 1.82) is 0 Å². The number of nitrogen functional groups attached to an aromatic ring is 1. The van der Waals surface area contributed by atoms with E-state index in [4.69, 9.17) is 10.7 Å². The highest BCUT2D eigenvalue weighted by molar-refractivity contribution is 5.31. The molecule has 0 aromatic carbocycles. The second-order valence-electron chi connectivity index (χ2n) is 6.35. The minimum atomic E-state index is 0.209. The Balaban J connectivity index is 2.22. The van der Waals surface area contributed by atoms with Crippen LogP contribution in [0, 0.1) is 5.41 Å². The first-order valence-electron chi connectivity index (χ1n) is 6.57. The maximum atomic E-state index is 5.89. The van der Waals surface area contributed by atoms with Gasteiger partial charge in [0.2, 0.25) is 0 Å². The molecule has 1 aromatic heterocycles. The Labute approximate surface area is 104 Å². The molecule has 0 atom stereocenters. The van der Waals surface area contributed by atoms with Gasteiger partial charge in [-0.3, -0.25) is 0 Å². The maximum Gasteiger partial charge on any atom is 0.131 e. The number of aromatic nitrogens is 2. The van der Waals surface area contributed by atoms with Crippen molar-refractivity contribution in [3.63, 3.8) is 0 Å². The molecule has 0 radical (unpaired) electrons. The summed E-state index contributed by atoms with van der Waals surface area (Å²) in [5.74, 6) is 2.14. The minimum absolute atomic E-state index is 0.209. The topological polar surface area (TPSA) is 51.8 Å². The van der Waals surface area contributed by atoms with Gasteiger partial charge >= 0.3 is 0 Å². The second kappa shape index (κ2) is 4.63. The molecule has 0 amide bonds. The van der Waals surface area contributed by atoms with Crippen molar-refractivity contribution in [3.05, 3.63) is 17.6 Å². The van der Waals surface area contributed by atoms with E-state index in [1.54, 1.807) is 0 Å². The van der Waals surface area contributed by atoms with Crippen molar-refractivity contribution in [2.24, 2.45) is 5.41 Å². The van der Waals surface area contributed by atoms with Crippen LogP contribution in [0.3, 0.4) is 0 Å². The minimum Gasteiger partial charge on any atom is -0.384 e. The summed E-state index contributed by atoms with van der Waals surface area (Å²) in [7, 11) is 0. The van der Waals surface area contributed by atoms with Gasteiger partial charge in [0.25, 0.3) is 0 Å². The lowest BCUT2D eigenvalue weighted by molar-refractivity contribution is 0.399. The summed E-state index contributed by atoms with van der Waals surface area (Å²) in [5, 5.41) is 0. The van der Waals surface area contributed by atoms with Crippen LogP contribution in [0.25, 0.3) is 0 Å². The molecule has 3 heteroatoms. The van der Waals surface area contributed by atoms with Gasteiger partial charge in [-0.2, -0.15) is 0 Å². The molecule has 0 spiro atoms. The number of anilines is 1. The summed E-state index contributed by atoms with van der Waals surface area (Å²) >= 11 is 0. The van der Waals surface area contributed by atoms with Crippen LogP contribution in [-0.2, 0) is 6.42 Å². The van der Waals surface area contributed by atoms with Gasteiger partial charge in [-0.1, -0.05) is 33.6 Å². The third-order valence-electron chi connectivity index (χ3n) is 3.27. The third kappa shape index (κ3) is 3.42. The standard InChI is InChI=1S/C14H23N3/c1-14(2,3)9-13-16-11(8-12(15)17-13)10-6-4-5-7-10/h8,10H,4-7,9H2,1-3H3,(H2,15,16,17). The van der Waals surface area contributed by atoms with E-state index in [0.717, 1.165) is 17.9 Å². The van der Waals surface area contributed by atoms with Gasteiger partial charge in [0.15, 0.2) is 0 Å². The molecule has 0 bridgehead atoms. The maximum absolute atomic E-state index is 5.89. The van der Waals surface area contributed by atoms with Gasteiger partial charge in [-0.25, -0.2) is 9.97 Å². The van der Waals surface area contributed by atoms with Crippen molar-refractivity contribution >= 4 is 5.82 Å². The number of nitrogens with two attached hydrogens (primary N) is 1. The summed E-state index contributed by atoms with van der Waals surface area (Å²) in [6, 6.07) is 1.96. The van der Waals surface area contributed by atoms with E-state index >= 15 is 0 Å². The number of nitrogens with zero attached hydrogens (tertiary/aromatic N) is 2. The predicted octanol–water partition coefficient (Wildman–Crippen LogP) is 3.31. The van der Waals surface area contributed by atoms with Crippen LogP contribution in [0.1, 0.15) is 63.9 Å². The van der Waals surface area contributed by atoms with Gasteiger partial charge in [0, 0.05) is 24.1 Å². The average Bonchev–Trinajstić information content (AvgIpc) is 2.65. The molecule has 94 valence electrons. The van der Waals surface area contributed by atoms with Crippen LogP contribution >= 0.6 is 0 Å². The number of hydrogen-bond donors (Lipinski definition) is 1. The highest BCUT2D eigenvalue weighted by Gasteiger charge is 2.21. The monoisotopic (exact) mass is 233 g/mol. The molecule has 1 aliphatic carbocycles. The van der Waals surface area contributed by atoms with Crippen LogP contribution in [0.4, 0.5) is 5.82 Å². The smallest absolute Gasteiger partial charge is 0.131 e. The summed E-state index contributed by atoms with van der Waals surface area (Å²) in [6.07, 6.45) is 6.04. The normalized spacial score (nSPS) is 17.6. The quantitative estimate of drug-likeness (QED) is 0.852. The highest BCUT2D eigenvalue weighted by Crippen LogP contribution is 2.33. The zero-order valence-electron chi connectivity index (χ0n) is 11.2. The fourth-order valence-electron chi connectivity index (χ4n) is 2.52. The van der Waals surface area contributed by atoms with Crippen molar-refractivity contribution in [3.8, 4) is 0 Å². The first-order valence-corrected chi connectivity index (χ1v) is 6.57. The lowest BCUT2D eigenvalue weighted by Crippen LogP contribution is -2.14. The zero-order chi connectivity index (χ0) is 12.5. The Morgan fingerprint density at radius 3 is 2.47 bits per heavy atom. The molecule has 1 aliphatic rings. The van der Waals surface area contributed by atoms with Crippen molar-refractivity contribution in [2.75, 3.05) is 5.73 Å². The Hall–Kier alpha value is -1.12. The van der Waals surface area contributed by atoms with E-state index in [1.807, 2.05) is 6.07 Å². The average molecular weight is 233 g/mol. The fourth-order valence-corrected chi connectivity index (χ4v) is 2.52. The second-order valence-corrected chi connectivity index (χ2v) is 6.35. The van der Waals surface area contributed by atoms with Gasteiger partial charge in [0.05, 0.1) is 0 Å². The van der Waals surface area contributed by atoms with Crippen molar-refractivity contribution in [1.82, 2.24) is 9.97 Å². The molecule has 2 N–H and O–H groups in total. The molecule has 0 saturated heterocycles. The first-order chi connectivity index (χ1) is 7.94. The highest BCUT2D eigenvalue weighted by atomic mass is 14.9. The Morgan fingerprint density at radius 1 is 1.24 bits per heavy atom. The summed E-state index contributed by atoms with van der Waals surface area (Å²) in [4.78, 5) is 9.07. The summed E-state index contributed by atoms with van der Waals surface area (Å²) in [5.41, 5.74) is 7.27. The van der Waals surface area contributed by atoms with E-state index in [0.29, 0.717) is 11.7 Å². The summed E-state index contributed by atoms with van der Waals surface area (Å²) < 4.78 is 0. The molecular formula is C14H23N3. The molecule has 0 unspecified atom stereocenters. The van der Waals surface area contributed by atoms with Crippen LogP contribution < -0.4 is 5.73 Å². The molecule has 3 nitrogen and oxygen atoms in total. The van der Waals surface area contributed by atoms with E-state index in [-0.39, 0.29) is 5.41 Å². The molecule has 1 aromatic rings. The van der Waals surface area contributed by atoms with Gasteiger partial charge < -0.3 is 5.73 Å². The lowest BCUT2D eigenvalue weighted by atomic mass is 9.92. The summed E-state index contributed by atoms with van der Waals surface area (Å²) in [6.45, 7) is 6.61. The first kappa shape index (κ1) is 12.3.